The van der Waals surface area contributed by atoms with E-state index < -0.39 is 34.9 Å². The van der Waals surface area contributed by atoms with Gasteiger partial charge in [-0.15, -0.1) is 11.3 Å². The lowest BCUT2D eigenvalue weighted by atomic mass is 10.1. The van der Waals surface area contributed by atoms with Gasteiger partial charge in [0.1, 0.15) is 17.5 Å². The molecule has 0 saturated carbocycles. The molecule has 1 amide bonds. The lowest BCUT2D eigenvalue weighted by Gasteiger charge is -2.13. The zero-order valence-electron chi connectivity index (χ0n) is 20.6. The molecule has 0 spiro atoms. The molecule has 10 heteroatoms. The van der Waals surface area contributed by atoms with Crippen LogP contribution in [0.1, 0.15) is 55.1 Å². The zero-order chi connectivity index (χ0) is 27.1. The highest BCUT2D eigenvalue weighted by Crippen LogP contribution is 2.29. The minimum Gasteiger partial charge on any atom is -0.478 e. The van der Waals surface area contributed by atoms with Gasteiger partial charge in [0.05, 0.1) is 12.3 Å². The number of thiazole rings is 1. The van der Waals surface area contributed by atoms with Crippen LogP contribution in [0.5, 0.6) is 0 Å². The molecular formula is C27H27F3N2O4S. The number of halogens is 3. The van der Waals surface area contributed by atoms with Crippen LogP contribution >= 0.6 is 11.3 Å². The summed E-state index contributed by atoms with van der Waals surface area (Å²) < 4.78 is 49.6. The fourth-order valence-corrected chi connectivity index (χ4v) is 4.21. The number of aliphatic carboxylic acids is 1. The van der Waals surface area contributed by atoms with E-state index in [1.165, 1.54) is 6.92 Å². The Hall–Kier alpha value is -3.50. The average molecular weight is 533 g/mol. The second-order valence-electron chi connectivity index (χ2n) is 8.45. The van der Waals surface area contributed by atoms with Crippen molar-refractivity contribution in [2.75, 3.05) is 11.9 Å². The third-order valence-electron chi connectivity index (χ3n) is 5.88. The third kappa shape index (κ3) is 7.05. The summed E-state index contributed by atoms with van der Waals surface area (Å²) in [5.74, 6) is -4.38. The van der Waals surface area contributed by atoms with Gasteiger partial charge in [0.2, 0.25) is 0 Å². The number of carbonyl (C=O) groups excluding carboxylic acids is 1. The highest BCUT2D eigenvalue weighted by atomic mass is 32.1. The molecule has 0 aliphatic carbocycles. The Labute approximate surface area is 216 Å². The maximum Gasteiger partial charge on any atom is 0.331 e. The summed E-state index contributed by atoms with van der Waals surface area (Å²) in [6.45, 7) is 6.03. The Morgan fingerprint density at radius 3 is 2.46 bits per heavy atom. The van der Waals surface area contributed by atoms with Crippen LogP contribution < -0.4 is 5.32 Å². The molecule has 196 valence electrons. The number of hydrogen-bond acceptors (Lipinski definition) is 5. The molecule has 3 rings (SSSR count). The Kier molecular flexibility index (Phi) is 9.60. The van der Waals surface area contributed by atoms with E-state index in [4.69, 9.17) is 9.84 Å². The van der Waals surface area contributed by atoms with Gasteiger partial charge in [-0.1, -0.05) is 38.8 Å². The number of hydrogen-bond donors (Lipinski definition) is 2. The number of ether oxygens (including phenoxy) is 1. The summed E-state index contributed by atoms with van der Waals surface area (Å²) >= 11 is 1.03. The first-order valence-corrected chi connectivity index (χ1v) is 12.6. The van der Waals surface area contributed by atoms with Crippen molar-refractivity contribution in [1.29, 1.82) is 0 Å². The van der Waals surface area contributed by atoms with Crippen molar-refractivity contribution in [3.63, 3.8) is 0 Å². The summed E-state index contributed by atoms with van der Waals surface area (Å²) in [6, 6.07) is 6.51. The summed E-state index contributed by atoms with van der Waals surface area (Å²) in [4.78, 5) is 27.7. The number of rotatable bonds is 11. The minimum absolute atomic E-state index is 0.112. The topological polar surface area (TPSA) is 88.5 Å². The van der Waals surface area contributed by atoms with E-state index in [-0.39, 0.29) is 28.4 Å². The first kappa shape index (κ1) is 28.1. The van der Waals surface area contributed by atoms with Gasteiger partial charge in [-0.3, -0.25) is 10.1 Å². The number of anilines is 1. The number of nitrogens with one attached hydrogen (secondary N) is 1. The number of carboxylic acids is 1. The minimum atomic E-state index is -1.32. The van der Waals surface area contributed by atoms with Gasteiger partial charge in [-0.05, 0) is 37.1 Å². The molecule has 0 radical (unpaired) electrons. The average Bonchev–Trinajstić information content (AvgIpc) is 3.32. The predicted molar refractivity (Wildman–Crippen MR) is 137 cm³/mol. The highest BCUT2D eigenvalue weighted by molar-refractivity contribution is 7.14. The van der Waals surface area contributed by atoms with Gasteiger partial charge in [-0.2, -0.15) is 0 Å². The quantitative estimate of drug-likeness (QED) is 0.262. The van der Waals surface area contributed by atoms with Crippen molar-refractivity contribution in [3.8, 4) is 11.3 Å². The first-order valence-electron chi connectivity index (χ1n) is 11.7. The summed E-state index contributed by atoms with van der Waals surface area (Å²) in [5, 5.41) is 13.0. The second kappa shape index (κ2) is 12.6. The number of carboxylic acid groups (broad SMARTS) is 1. The fraction of sp³-hybridized carbons (Fsp3) is 0.296. The molecule has 0 atom stereocenters. The van der Waals surface area contributed by atoms with Crippen molar-refractivity contribution in [2.24, 2.45) is 5.92 Å². The Morgan fingerprint density at radius 1 is 1.16 bits per heavy atom. The molecule has 2 aromatic carbocycles. The molecule has 0 bridgehead atoms. The van der Waals surface area contributed by atoms with E-state index in [1.54, 1.807) is 23.6 Å². The van der Waals surface area contributed by atoms with E-state index in [1.807, 2.05) is 0 Å². The van der Waals surface area contributed by atoms with Crippen molar-refractivity contribution < 1.29 is 32.6 Å². The molecule has 0 aliphatic heterocycles. The van der Waals surface area contributed by atoms with Crippen LogP contribution in [-0.4, -0.2) is 28.6 Å². The third-order valence-corrected chi connectivity index (χ3v) is 6.64. The predicted octanol–water partition coefficient (Wildman–Crippen LogP) is 6.92. The van der Waals surface area contributed by atoms with Crippen LogP contribution in [0.4, 0.5) is 18.3 Å². The standard InChI is InChI=1S/C27H27F3N2O4S/c1-4-16(5-2)12-36-13-17-7-6-8-19(24(17)30)23-14-37-27(31-23)32-25(33)18-10-21(28)20(22(29)11-18)9-15(3)26(34)35/h6-11,14,16H,4-5,12-13H2,1-3H3,(H,34,35)(H,31,32,33)/b15-9+. The number of aromatic nitrogens is 1. The molecular weight excluding hydrogens is 505 g/mol. The number of amides is 1. The first-order chi connectivity index (χ1) is 17.6. The maximum atomic E-state index is 15.1. The normalized spacial score (nSPS) is 11.7. The molecule has 0 fully saturated rings. The fourth-order valence-electron chi connectivity index (χ4n) is 3.50. The Morgan fingerprint density at radius 2 is 1.84 bits per heavy atom. The summed E-state index contributed by atoms with van der Waals surface area (Å²) in [6.07, 6.45) is 2.82. The number of nitrogens with zero attached hydrogens (tertiary/aromatic N) is 1. The molecule has 6 nitrogen and oxygen atoms in total. The maximum absolute atomic E-state index is 15.1. The van der Waals surface area contributed by atoms with Gasteiger partial charge in [0.25, 0.3) is 5.91 Å². The molecule has 0 saturated heterocycles. The molecule has 2 N–H and O–H groups in total. The SMILES string of the molecule is CCC(CC)COCc1cccc(-c2csc(NC(=O)c3cc(F)c(/C=C(\C)C(=O)O)c(F)c3)n2)c1F. The smallest absolute Gasteiger partial charge is 0.331 e. The zero-order valence-corrected chi connectivity index (χ0v) is 21.4. The monoisotopic (exact) mass is 532 g/mol. The number of benzene rings is 2. The molecule has 1 aromatic heterocycles. The Bertz CT molecular complexity index is 1300. The van der Waals surface area contributed by atoms with Crippen LogP contribution in [0.2, 0.25) is 0 Å². The molecule has 0 aliphatic rings. The van der Waals surface area contributed by atoms with Crippen LogP contribution in [0.25, 0.3) is 17.3 Å². The molecule has 37 heavy (non-hydrogen) atoms. The summed E-state index contributed by atoms with van der Waals surface area (Å²) in [5.41, 5.74) is -0.226. The largest absolute Gasteiger partial charge is 0.478 e. The van der Waals surface area contributed by atoms with E-state index in [0.717, 1.165) is 42.4 Å². The van der Waals surface area contributed by atoms with Crippen molar-refractivity contribution in [3.05, 3.63) is 75.4 Å². The van der Waals surface area contributed by atoms with Crippen molar-refractivity contribution in [1.82, 2.24) is 4.98 Å². The van der Waals surface area contributed by atoms with Gasteiger partial charge in [0, 0.05) is 39.8 Å². The van der Waals surface area contributed by atoms with Gasteiger partial charge >= 0.3 is 5.97 Å². The molecule has 1 heterocycles. The van der Waals surface area contributed by atoms with Crippen molar-refractivity contribution in [2.45, 2.75) is 40.2 Å². The van der Waals surface area contributed by atoms with E-state index in [2.05, 4.69) is 24.1 Å². The van der Waals surface area contributed by atoms with E-state index in [9.17, 15) is 18.4 Å². The van der Waals surface area contributed by atoms with Gasteiger partial charge in [0.15, 0.2) is 5.13 Å². The van der Waals surface area contributed by atoms with Crippen molar-refractivity contribution >= 4 is 34.4 Å². The van der Waals surface area contributed by atoms with Gasteiger partial charge in [-0.25, -0.2) is 22.9 Å². The van der Waals surface area contributed by atoms with Crippen LogP contribution in [-0.2, 0) is 16.1 Å². The van der Waals surface area contributed by atoms with Gasteiger partial charge < -0.3 is 9.84 Å². The lowest BCUT2D eigenvalue weighted by molar-refractivity contribution is -0.132. The van der Waals surface area contributed by atoms with E-state index in [0.29, 0.717) is 23.8 Å². The number of carbonyl (C=O) groups is 2. The van der Waals surface area contributed by atoms with Crippen LogP contribution in [0.3, 0.4) is 0 Å². The lowest BCUT2D eigenvalue weighted by Crippen LogP contribution is -2.13. The van der Waals surface area contributed by atoms with Crippen LogP contribution in [0.15, 0.2) is 41.3 Å². The second-order valence-corrected chi connectivity index (χ2v) is 9.31. The summed E-state index contributed by atoms with van der Waals surface area (Å²) in [7, 11) is 0. The molecule has 0 unspecified atom stereocenters. The van der Waals surface area contributed by atoms with E-state index >= 15 is 4.39 Å². The van der Waals surface area contributed by atoms with Crippen LogP contribution in [0, 0.1) is 23.4 Å². The highest BCUT2D eigenvalue weighted by Gasteiger charge is 2.18. The Balaban J connectivity index is 1.74. The molecule has 3 aromatic rings.